The summed E-state index contributed by atoms with van der Waals surface area (Å²) in [5.74, 6) is 0.380. The van der Waals surface area contributed by atoms with Crippen molar-refractivity contribution in [2.75, 3.05) is 39.3 Å². The quantitative estimate of drug-likeness (QED) is 0.728. The number of ketones is 1. The molecule has 0 radical (unpaired) electrons. The van der Waals surface area contributed by atoms with E-state index in [1.165, 1.54) is 0 Å². The SMILES string of the molecule is CCN1CCN(CCC(=O)C(C)(C)C)CC1. The highest BCUT2D eigenvalue weighted by atomic mass is 16.1. The van der Waals surface area contributed by atoms with Crippen LogP contribution in [-0.2, 0) is 4.79 Å². The first-order chi connectivity index (χ1) is 7.43. The highest BCUT2D eigenvalue weighted by Crippen LogP contribution is 2.17. The molecule has 94 valence electrons. The van der Waals surface area contributed by atoms with Crippen LogP contribution in [0.2, 0.25) is 0 Å². The lowest BCUT2D eigenvalue weighted by Gasteiger charge is -2.34. The minimum Gasteiger partial charge on any atom is -0.301 e. The van der Waals surface area contributed by atoms with Gasteiger partial charge in [0.25, 0.3) is 0 Å². The molecule has 0 unspecified atom stereocenters. The fourth-order valence-electron chi connectivity index (χ4n) is 1.96. The smallest absolute Gasteiger partial charge is 0.139 e. The van der Waals surface area contributed by atoms with E-state index in [9.17, 15) is 4.79 Å². The van der Waals surface area contributed by atoms with Crippen molar-refractivity contribution in [3.63, 3.8) is 0 Å². The van der Waals surface area contributed by atoms with Gasteiger partial charge in [-0.25, -0.2) is 0 Å². The molecule has 0 bridgehead atoms. The number of Topliss-reactive ketones (excluding diaryl/α,β-unsaturated/α-hetero) is 1. The standard InChI is InChI=1S/C13H26N2O/c1-5-14-8-10-15(11-9-14)7-6-12(16)13(2,3)4/h5-11H2,1-4H3. The van der Waals surface area contributed by atoms with Gasteiger partial charge >= 0.3 is 0 Å². The fraction of sp³-hybridized carbons (Fsp3) is 0.923. The van der Waals surface area contributed by atoms with Crippen molar-refractivity contribution in [3.05, 3.63) is 0 Å². The number of piperazine rings is 1. The predicted molar refractivity (Wildman–Crippen MR) is 67.6 cm³/mol. The molecule has 0 amide bonds. The summed E-state index contributed by atoms with van der Waals surface area (Å²) in [6, 6.07) is 0. The average Bonchev–Trinajstić information content (AvgIpc) is 2.25. The molecule has 1 heterocycles. The van der Waals surface area contributed by atoms with Gasteiger partial charge in [-0.15, -0.1) is 0 Å². The van der Waals surface area contributed by atoms with Gasteiger partial charge in [-0.05, 0) is 6.54 Å². The first-order valence-corrected chi connectivity index (χ1v) is 6.41. The van der Waals surface area contributed by atoms with E-state index in [0.29, 0.717) is 12.2 Å². The summed E-state index contributed by atoms with van der Waals surface area (Å²) >= 11 is 0. The first kappa shape index (κ1) is 13.7. The topological polar surface area (TPSA) is 23.6 Å². The number of rotatable bonds is 4. The van der Waals surface area contributed by atoms with Gasteiger partial charge in [0.05, 0.1) is 0 Å². The number of carbonyl (C=O) groups is 1. The van der Waals surface area contributed by atoms with Crippen LogP contribution >= 0.6 is 0 Å². The Balaban J connectivity index is 2.22. The molecule has 0 saturated carbocycles. The minimum atomic E-state index is -0.175. The van der Waals surface area contributed by atoms with Gasteiger partial charge in [0, 0.05) is 44.6 Å². The van der Waals surface area contributed by atoms with Crippen LogP contribution in [0.25, 0.3) is 0 Å². The lowest BCUT2D eigenvalue weighted by atomic mass is 9.89. The molecular formula is C13H26N2O. The third kappa shape index (κ3) is 4.22. The molecular weight excluding hydrogens is 200 g/mol. The van der Waals surface area contributed by atoms with Crippen LogP contribution in [0.3, 0.4) is 0 Å². The van der Waals surface area contributed by atoms with Gasteiger partial charge < -0.3 is 9.80 Å². The molecule has 3 nitrogen and oxygen atoms in total. The average molecular weight is 226 g/mol. The van der Waals surface area contributed by atoms with E-state index in [2.05, 4.69) is 16.7 Å². The van der Waals surface area contributed by atoms with Gasteiger partial charge in [0.2, 0.25) is 0 Å². The number of nitrogens with zero attached hydrogens (tertiary/aromatic N) is 2. The maximum absolute atomic E-state index is 11.8. The molecule has 0 spiro atoms. The van der Waals surface area contributed by atoms with Crippen molar-refractivity contribution in [1.82, 2.24) is 9.80 Å². The second-order valence-corrected chi connectivity index (χ2v) is 5.70. The molecule has 0 aromatic rings. The fourth-order valence-corrected chi connectivity index (χ4v) is 1.96. The van der Waals surface area contributed by atoms with Crippen molar-refractivity contribution in [2.24, 2.45) is 5.41 Å². The molecule has 1 rings (SSSR count). The lowest BCUT2D eigenvalue weighted by molar-refractivity contribution is -0.126. The van der Waals surface area contributed by atoms with Crippen molar-refractivity contribution < 1.29 is 4.79 Å². The zero-order chi connectivity index (χ0) is 12.2. The lowest BCUT2D eigenvalue weighted by Crippen LogP contribution is -2.46. The van der Waals surface area contributed by atoms with E-state index in [4.69, 9.17) is 0 Å². The van der Waals surface area contributed by atoms with Crippen LogP contribution in [0.1, 0.15) is 34.1 Å². The normalized spacial score (nSPS) is 20.0. The van der Waals surface area contributed by atoms with Crippen LogP contribution in [0.15, 0.2) is 0 Å². The van der Waals surface area contributed by atoms with E-state index in [1.807, 2.05) is 20.8 Å². The predicted octanol–water partition coefficient (Wildman–Crippen LogP) is 1.63. The Bertz CT molecular complexity index is 225. The second-order valence-electron chi connectivity index (χ2n) is 5.70. The maximum Gasteiger partial charge on any atom is 0.139 e. The number of hydrogen-bond donors (Lipinski definition) is 0. The van der Waals surface area contributed by atoms with E-state index in [1.54, 1.807) is 0 Å². The van der Waals surface area contributed by atoms with E-state index in [0.717, 1.165) is 39.3 Å². The molecule has 0 atom stereocenters. The Kier molecular flexibility index (Phi) is 4.93. The van der Waals surface area contributed by atoms with Crippen molar-refractivity contribution in [2.45, 2.75) is 34.1 Å². The minimum absolute atomic E-state index is 0.175. The van der Waals surface area contributed by atoms with Crippen LogP contribution in [-0.4, -0.2) is 54.9 Å². The van der Waals surface area contributed by atoms with Crippen molar-refractivity contribution in [3.8, 4) is 0 Å². The largest absolute Gasteiger partial charge is 0.301 e. The molecule has 16 heavy (non-hydrogen) atoms. The summed E-state index contributed by atoms with van der Waals surface area (Å²) in [4.78, 5) is 16.7. The molecule has 0 aliphatic carbocycles. The van der Waals surface area contributed by atoms with E-state index < -0.39 is 0 Å². The Morgan fingerprint density at radius 1 is 1.06 bits per heavy atom. The number of hydrogen-bond acceptors (Lipinski definition) is 3. The Morgan fingerprint density at radius 3 is 2.00 bits per heavy atom. The van der Waals surface area contributed by atoms with Gasteiger partial charge in [-0.1, -0.05) is 27.7 Å². The highest BCUT2D eigenvalue weighted by molar-refractivity contribution is 5.83. The van der Waals surface area contributed by atoms with E-state index in [-0.39, 0.29) is 5.41 Å². The highest BCUT2D eigenvalue weighted by Gasteiger charge is 2.22. The Hall–Kier alpha value is -0.410. The molecule has 0 aromatic carbocycles. The summed E-state index contributed by atoms with van der Waals surface area (Å²) in [5, 5.41) is 0. The molecule has 0 aromatic heterocycles. The van der Waals surface area contributed by atoms with Crippen LogP contribution in [0.5, 0.6) is 0 Å². The van der Waals surface area contributed by atoms with Crippen molar-refractivity contribution in [1.29, 1.82) is 0 Å². The van der Waals surface area contributed by atoms with Gasteiger partial charge in [-0.2, -0.15) is 0 Å². The zero-order valence-corrected chi connectivity index (χ0v) is 11.3. The van der Waals surface area contributed by atoms with E-state index >= 15 is 0 Å². The molecule has 0 N–H and O–H groups in total. The van der Waals surface area contributed by atoms with Gasteiger partial charge in [0.15, 0.2) is 0 Å². The third-order valence-electron chi connectivity index (χ3n) is 3.40. The van der Waals surface area contributed by atoms with Crippen LogP contribution in [0.4, 0.5) is 0 Å². The number of likely N-dealkylation sites (N-methyl/N-ethyl adjacent to an activating group) is 1. The Morgan fingerprint density at radius 2 is 1.56 bits per heavy atom. The second kappa shape index (κ2) is 5.78. The summed E-state index contributed by atoms with van der Waals surface area (Å²) in [6.45, 7) is 14.8. The van der Waals surface area contributed by atoms with Gasteiger partial charge in [-0.3, -0.25) is 4.79 Å². The van der Waals surface area contributed by atoms with Crippen LogP contribution in [0, 0.1) is 5.41 Å². The molecule has 1 saturated heterocycles. The molecule has 3 heteroatoms. The summed E-state index contributed by atoms with van der Waals surface area (Å²) in [5.41, 5.74) is -0.175. The third-order valence-corrected chi connectivity index (χ3v) is 3.40. The summed E-state index contributed by atoms with van der Waals surface area (Å²) in [6.07, 6.45) is 0.704. The summed E-state index contributed by atoms with van der Waals surface area (Å²) < 4.78 is 0. The monoisotopic (exact) mass is 226 g/mol. The number of carbonyl (C=O) groups excluding carboxylic acids is 1. The maximum atomic E-state index is 11.8. The van der Waals surface area contributed by atoms with Crippen LogP contribution < -0.4 is 0 Å². The summed E-state index contributed by atoms with van der Waals surface area (Å²) in [7, 11) is 0. The first-order valence-electron chi connectivity index (χ1n) is 6.41. The van der Waals surface area contributed by atoms with Gasteiger partial charge in [0.1, 0.15) is 5.78 Å². The van der Waals surface area contributed by atoms with Crippen molar-refractivity contribution >= 4 is 5.78 Å². The zero-order valence-electron chi connectivity index (χ0n) is 11.3. The molecule has 1 aliphatic heterocycles. The molecule has 1 aliphatic rings. The Labute approximate surface area is 99.8 Å². The molecule has 1 fully saturated rings.